The van der Waals surface area contributed by atoms with Gasteiger partial charge in [0.05, 0.1) is 0 Å². The van der Waals surface area contributed by atoms with E-state index in [0.29, 0.717) is 5.69 Å². The number of carbonyl (C=O) groups is 2. The van der Waals surface area contributed by atoms with Crippen molar-refractivity contribution in [1.29, 1.82) is 0 Å². The highest BCUT2D eigenvalue weighted by atomic mass is 19.4. The van der Waals surface area contributed by atoms with E-state index >= 15 is 0 Å². The highest BCUT2D eigenvalue weighted by Gasteiger charge is 2.35. The van der Waals surface area contributed by atoms with Crippen molar-refractivity contribution in [3.63, 3.8) is 0 Å². The molecule has 5 nitrogen and oxygen atoms in total. The number of rotatable bonds is 5. The largest absolute Gasteiger partial charge is 0.480 e. The molecule has 0 heterocycles. The van der Waals surface area contributed by atoms with Crippen molar-refractivity contribution in [3.8, 4) is 0 Å². The van der Waals surface area contributed by atoms with Crippen LogP contribution in [0.1, 0.15) is 6.92 Å². The summed E-state index contributed by atoms with van der Waals surface area (Å²) in [5.41, 5.74) is 0.405. The molecule has 0 saturated carbocycles. The highest BCUT2D eigenvalue weighted by Crippen LogP contribution is 2.20. The second kappa shape index (κ2) is 6.96. The number of alkyl halides is 3. The number of benzene rings is 1. The lowest BCUT2D eigenvalue weighted by atomic mass is 10.3. The Labute approximate surface area is 119 Å². The molecule has 0 saturated heterocycles. The third kappa shape index (κ3) is 5.33. The molecule has 0 fully saturated rings. The monoisotopic (exact) mass is 304 g/mol. The first-order valence-electron chi connectivity index (χ1n) is 6.14. The van der Waals surface area contributed by atoms with Crippen molar-refractivity contribution >= 4 is 17.7 Å². The molecule has 0 aliphatic rings. The number of halogens is 3. The van der Waals surface area contributed by atoms with Crippen molar-refractivity contribution in [2.45, 2.75) is 13.1 Å². The second-order valence-electron chi connectivity index (χ2n) is 4.23. The van der Waals surface area contributed by atoms with Crippen LogP contribution >= 0.6 is 0 Å². The van der Waals surface area contributed by atoms with Crippen LogP contribution in [0.2, 0.25) is 0 Å². The van der Waals surface area contributed by atoms with Gasteiger partial charge in [-0.05, 0) is 19.1 Å². The van der Waals surface area contributed by atoms with Crippen LogP contribution in [-0.2, 0) is 4.79 Å². The summed E-state index contributed by atoms with van der Waals surface area (Å²) < 4.78 is 37.4. The Morgan fingerprint density at radius 1 is 1.19 bits per heavy atom. The van der Waals surface area contributed by atoms with Gasteiger partial charge in [-0.2, -0.15) is 13.2 Å². The van der Waals surface area contributed by atoms with Gasteiger partial charge in [-0.1, -0.05) is 18.2 Å². The first kappa shape index (κ1) is 16.8. The molecule has 116 valence electrons. The molecule has 0 aromatic heterocycles. The average molecular weight is 304 g/mol. The summed E-state index contributed by atoms with van der Waals surface area (Å²) in [6, 6.07) is 7.10. The van der Waals surface area contributed by atoms with Gasteiger partial charge in [-0.15, -0.1) is 0 Å². The first-order chi connectivity index (χ1) is 9.74. The zero-order valence-corrected chi connectivity index (χ0v) is 11.3. The molecule has 0 unspecified atom stereocenters. The van der Waals surface area contributed by atoms with E-state index in [9.17, 15) is 22.8 Å². The molecule has 0 radical (unpaired) electrons. The summed E-state index contributed by atoms with van der Waals surface area (Å²) in [6.45, 7) is -0.905. The predicted octanol–water partition coefficient (Wildman–Crippen LogP) is 2.58. The molecular weight excluding hydrogens is 289 g/mol. The number of carbonyl (C=O) groups excluding carboxylic acids is 1. The number of para-hydroxylation sites is 1. The van der Waals surface area contributed by atoms with Gasteiger partial charge in [0.1, 0.15) is 13.1 Å². The predicted molar refractivity (Wildman–Crippen MR) is 70.1 cm³/mol. The summed E-state index contributed by atoms with van der Waals surface area (Å²) in [6.07, 6.45) is -4.67. The highest BCUT2D eigenvalue weighted by molar-refractivity contribution is 5.93. The normalized spacial score (nSPS) is 11.0. The maximum Gasteiger partial charge on any atom is 0.406 e. The fourth-order valence-corrected chi connectivity index (χ4v) is 1.78. The van der Waals surface area contributed by atoms with E-state index in [1.54, 1.807) is 37.3 Å². The standard InChI is InChI=1S/C13H15F3N2O3/c1-2-18(10-6-4-3-5-7-10)12(21)17(8-11(19)20)9-13(14,15)16/h3-7H,2,8-9H2,1H3,(H,19,20). The Balaban J connectivity index is 2.99. The van der Waals surface area contributed by atoms with Crippen LogP contribution in [0.5, 0.6) is 0 Å². The first-order valence-corrected chi connectivity index (χ1v) is 6.14. The van der Waals surface area contributed by atoms with Crippen molar-refractivity contribution in [2.24, 2.45) is 0 Å². The smallest absolute Gasteiger partial charge is 0.406 e. The van der Waals surface area contributed by atoms with Gasteiger partial charge in [0.15, 0.2) is 0 Å². The summed E-state index contributed by atoms with van der Waals surface area (Å²) in [5.74, 6) is -1.50. The minimum absolute atomic E-state index is 0.122. The maximum absolute atomic E-state index is 12.5. The summed E-state index contributed by atoms with van der Waals surface area (Å²) in [7, 11) is 0. The van der Waals surface area contributed by atoms with Crippen molar-refractivity contribution in [1.82, 2.24) is 4.90 Å². The number of amides is 2. The molecular formula is C13H15F3N2O3. The molecule has 0 aliphatic heterocycles. The van der Waals surface area contributed by atoms with Gasteiger partial charge >= 0.3 is 18.2 Å². The van der Waals surface area contributed by atoms with Crippen LogP contribution in [0.3, 0.4) is 0 Å². The summed E-state index contributed by atoms with van der Waals surface area (Å²) in [5, 5.41) is 8.67. The molecule has 0 atom stereocenters. The van der Waals surface area contributed by atoms with Crippen molar-refractivity contribution in [2.75, 3.05) is 24.5 Å². The third-order valence-corrected chi connectivity index (χ3v) is 2.58. The van der Waals surface area contributed by atoms with Gasteiger partial charge in [0.25, 0.3) is 0 Å². The molecule has 1 aromatic carbocycles. The lowest BCUT2D eigenvalue weighted by molar-refractivity contribution is -0.148. The van der Waals surface area contributed by atoms with E-state index in [2.05, 4.69) is 0 Å². The lowest BCUT2D eigenvalue weighted by Gasteiger charge is -2.29. The molecule has 2 amide bonds. The number of aliphatic carboxylic acids is 1. The number of carboxylic acid groups (broad SMARTS) is 1. The average Bonchev–Trinajstić information content (AvgIpc) is 2.37. The molecule has 8 heteroatoms. The molecule has 1 N–H and O–H groups in total. The lowest BCUT2D eigenvalue weighted by Crippen LogP contribution is -2.49. The molecule has 0 aliphatic carbocycles. The number of urea groups is 1. The quantitative estimate of drug-likeness (QED) is 0.909. The van der Waals surface area contributed by atoms with E-state index in [1.807, 2.05) is 0 Å². The van der Waals surface area contributed by atoms with Crippen molar-refractivity contribution in [3.05, 3.63) is 30.3 Å². The Kier molecular flexibility index (Phi) is 5.57. The van der Waals surface area contributed by atoms with Gasteiger partial charge in [0, 0.05) is 12.2 Å². The number of hydrogen-bond donors (Lipinski definition) is 1. The molecule has 0 bridgehead atoms. The van der Waals surface area contributed by atoms with Crippen LogP contribution in [-0.4, -0.2) is 47.8 Å². The fraction of sp³-hybridized carbons (Fsp3) is 0.385. The minimum atomic E-state index is -4.67. The second-order valence-corrected chi connectivity index (χ2v) is 4.23. The fourth-order valence-electron chi connectivity index (χ4n) is 1.78. The minimum Gasteiger partial charge on any atom is -0.480 e. The SMILES string of the molecule is CCN(C(=O)N(CC(=O)O)CC(F)(F)F)c1ccccc1. The van der Waals surface area contributed by atoms with Crippen molar-refractivity contribution < 1.29 is 27.9 Å². The van der Waals surface area contributed by atoms with Crippen LogP contribution < -0.4 is 4.90 Å². The van der Waals surface area contributed by atoms with E-state index < -0.39 is 31.3 Å². The van der Waals surface area contributed by atoms with Gasteiger partial charge in [-0.3, -0.25) is 9.69 Å². The molecule has 21 heavy (non-hydrogen) atoms. The Hall–Kier alpha value is -2.25. The van der Waals surface area contributed by atoms with Gasteiger partial charge in [0.2, 0.25) is 0 Å². The van der Waals surface area contributed by atoms with Crippen LogP contribution in [0.4, 0.5) is 23.7 Å². The van der Waals surface area contributed by atoms with Crippen LogP contribution in [0, 0.1) is 0 Å². The maximum atomic E-state index is 12.5. The molecule has 1 rings (SSSR count). The van der Waals surface area contributed by atoms with Gasteiger partial charge in [-0.25, -0.2) is 4.79 Å². The van der Waals surface area contributed by atoms with Crippen LogP contribution in [0.15, 0.2) is 30.3 Å². The van der Waals surface area contributed by atoms with Crippen LogP contribution in [0.25, 0.3) is 0 Å². The Bertz CT molecular complexity index is 491. The molecule has 0 spiro atoms. The Morgan fingerprint density at radius 2 is 1.76 bits per heavy atom. The Morgan fingerprint density at radius 3 is 2.19 bits per heavy atom. The summed E-state index contributed by atoms with van der Waals surface area (Å²) >= 11 is 0. The summed E-state index contributed by atoms with van der Waals surface area (Å²) in [4.78, 5) is 24.2. The topological polar surface area (TPSA) is 60.9 Å². The molecule has 1 aromatic rings. The zero-order chi connectivity index (χ0) is 16.0. The number of carboxylic acids is 1. The third-order valence-electron chi connectivity index (χ3n) is 2.58. The van der Waals surface area contributed by atoms with E-state index in [1.165, 1.54) is 0 Å². The van der Waals surface area contributed by atoms with Gasteiger partial charge < -0.3 is 10.0 Å². The van der Waals surface area contributed by atoms with E-state index in [4.69, 9.17) is 5.11 Å². The number of anilines is 1. The van der Waals surface area contributed by atoms with E-state index in [0.717, 1.165) is 4.90 Å². The van der Waals surface area contributed by atoms with E-state index in [-0.39, 0.29) is 11.4 Å². The number of nitrogens with zero attached hydrogens (tertiary/aromatic N) is 2. The zero-order valence-electron chi connectivity index (χ0n) is 11.3. The number of hydrogen-bond acceptors (Lipinski definition) is 2.